The summed E-state index contributed by atoms with van der Waals surface area (Å²) in [5.74, 6) is -1.52. The Morgan fingerprint density at radius 2 is 1.45 bits per heavy atom. The van der Waals surface area contributed by atoms with Crippen LogP contribution in [0.15, 0.2) is 54.6 Å². The number of hydrogen-bond acceptors (Lipinski definition) is 14. The molecule has 9 saturated heterocycles. The van der Waals surface area contributed by atoms with Crippen molar-refractivity contribution in [2.75, 3.05) is 13.7 Å². The summed E-state index contributed by atoms with van der Waals surface area (Å²) in [5.41, 5.74) is 2.03. The van der Waals surface area contributed by atoms with Crippen LogP contribution in [0.5, 0.6) is 0 Å². The molecule has 9 heterocycles. The van der Waals surface area contributed by atoms with Crippen LogP contribution in [0.1, 0.15) is 142 Å². The number of esters is 1. The molecule has 10 rings (SSSR count). The number of carbonyl (C=O) groups is 2. The highest BCUT2D eigenvalue weighted by molar-refractivity contribution is 6.74. The Bertz CT molecular complexity index is 2190. The molecule has 0 radical (unpaired) electrons. The maximum Gasteiger partial charge on any atom is 0.338 e. The number of carbonyl (C=O) groups excluding carboxylic acids is 2. The molecule has 9 fully saturated rings. The first-order valence-corrected chi connectivity index (χ1v) is 34.3. The Kier molecular flexibility index (Phi) is 17.2. The lowest BCUT2D eigenvalue weighted by molar-refractivity contribution is -0.292. The fraction of sp³-hybridized carbons (Fsp3) is 0.797. The van der Waals surface area contributed by atoms with Crippen LogP contribution in [0, 0.1) is 11.8 Å². The van der Waals surface area contributed by atoms with Gasteiger partial charge in [0.15, 0.2) is 22.4 Å². The van der Waals surface area contributed by atoms with Crippen molar-refractivity contribution in [3.05, 3.63) is 60.2 Å². The van der Waals surface area contributed by atoms with E-state index in [2.05, 4.69) is 87.8 Å². The number of aliphatic hydroxyl groups excluding tert-OH is 1. The smallest absolute Gasteiger partial charge is 0.338 e. The van der Waals surface area contributed by atoms with Gasteiger partial charge in [-0.2, -0.15) is 0 Å². The zero-order valence-corrected chi connectivity index (χ0v) is 49.3. The van der Waals surface area contributed by atoms with Crippen LogP contribution < -0.4 is 0 Å². The summed E-state index contributed by atoms with van der Waals surface area (Å²) in [4.78, 5) is 28.4. The Hall–Kier alpha value is -2.17. The molecule has 0 amide bonds. The first-order chi connectivity index (χ1) is 35.2. The fourth-order valence-corrected chi connectivity index (χ4v) is 15.2. The second-order valence-electron chi connectivity index (χ2n) is 26.8. The van der Waals surface area contributed by atoms with Crippen molar-refractivity contribution in [1.29, 1.82) is 0 Å². The van der Waals surface area contributed by atoms with E-state index < -0.39 is 58.9 Å². The minimum Gasteiger partial charge on any atom is -0.458 e. The maximum absolute atomic E-state index is 14.8. The van der Waals surface area contributed by atoms with Gasteiger partial charge in [0.2, 0.25) is 0 Å². The van der Waals surface area contributed by atoms with E-state index in [1.165, 1.54) is 0 Å². The lowest BCUT2D eigenvalue weighted by Crippen LogP contribution is -2.61. The van der Waals surface area contributed by atoms with E-state index >= 15 is 0 Å². The van der Waals surface area contributed by atoms with E-state index in [1.54, 1.807) is 19.2 Å². The van der Waals surface area contributed by atoms with E-state index in [4.69, 9.17) is 51.5 Å². The number of fused-ring (bicyclic) bond motifs is 4. The van der Waals surface area contributed by atoms with Crippen molar-refractivity contribution in [3.8, 4) is 0 Å². The van der Waals surface area contributed by atoms with Crippen LogP contribution in [-0.4, -0.2) is 151 Å². The quantitative estimate of drug-likeness (QED) is 0.134. The summed E-state index contributed by atoms with van der Waals surface area (Å²) in [7, 11) is -2.69. The Morgan fingerprint density at radius 3 is 2.16 bits per heavy atom. The average molecular weight is 1080 g/mol. The third kappa shape index (κ3) is 12.4. The summed E-state index contributed by atoms with van der Waals surface area (Å²) in [5, 5.41) is 11.8. The zero-order chi connectivity index (χ0) is 54.0. The van der Waals surface area contributed by atoms with E-state index in [-0.39, 0.29) is 114 Å². The van der Waals surface area contributed by atoms with Gasteiger partial charge in [-0.25, -0.2) is 4.79 Å². The molecule has 0 aliphatic carbocycles. The molecule has 75 heavy (non-hydrogen) atoms. The molecule has 9 aliphatic heterocycles. The predicted molar refractivity (Wildman–Crippen MR) is 289 cm³/mol. The Balaban J connectivity index is 1.00. The van der Waals surface area contributed by atoms with Gasteiger partial charge in [-0.15, -0.1) is 0 Å². The first kappa shape index (κ1) is 57.5. The molecule has 0 aromatic heterocycles. The summed E-state index contributed by atoms with van der Waals surface area (Å²) in [6, 6.07) is 8.96. The van der Waals surface area contributed by atoms with Gasteiger partial charge in [0.25, 0.3) is 0 Å². The van der Waals surface area contributed by atoms with Crippen LogP contribution in [0.2, 0.25) is 36.3 Å². The fourth-order valence-electron chi connectivity index (χ4n) is 12.8. The number of Topliss-reactive ketones (excluding diaryl/α,β-unsaturated/α-hetero) is 1. The molecule has 0 saturated carbocycles. The summed E-state index contributed by atoms with van der Waals surface area (Å²) >= 11 is 0. The van der Waals surface area contributed by atoms with Gasteiger partial charge >= 0.3 is 5.97 Å². The lowest BCUT2D eigenvalue weighted by Gasteiger charge is -2.47. The third-order valence-electron chi connectivity index (χ3n) is 19.4. The van der Waals surface area contributed by atoms with Crippen LogP contribution >= 0.6 is 0 Å². The second-order valence-corrected chi connectivity index (χ2v) is 36.3. The SMILES string of the molecule is C=C1C[C@@H](OC(=O)c2ccccc2)CC[C@@]23CC4OC5C(O2)[C@H]2OC(CCC2O[C@H]5C4O3)CC(=O)CC2[C@H](CC3OC(CCC1O)CC(C)C3=C)O[C@H](CC(CO[Si](C)(C)C(C)(C)C)O[Si](C)(C)C(C)(C)C)[C@@H]2OC. The summed E-state index contributed by atoms with van der Waals surface area (Å²) in [6.45, 7) is 34.3. The maximum atomic E-state index is 14.8. The van der Waals surface area contributed by atoms with Crippen molar-refractivity contribution in [1.82, 2.24) is 0 Å². The molecule has 1 aromatic carbocycles. The molecular weight excluding hydrogens is 989 g/mol. The molecule has 420 valence electrons. The molecule has 1 spiro atoms. The molecule has 14 nitrogen and oxygen atoms in total. The van der Waals surface area contributed by atoms with Crippen molar-refractivity contribution >= 4 is 28.4 Å². The number of ketones is 1. The topological polar surface area (TPSA) is 156 Å². The van der Waals surface area contributed by atoms with Gasteiger partial charge in [0.05, 0.1) is 73.2 Å². The van der Waals surface area contributed by atoms with E-state index in [1.807, 2.05) is 18.2 Å². The summed E-state index contributed by atoms with van der Waals surface area (Å²) < 4.78 is 75.6. The molecule has 16 heteroatoms. The van der Waals surface area contributed by atoms with E-state index in [0.717, 1.165) is 12.0 Å². The second kappa shape index (κ2) is 22.4. The standard InChI is InChI=1S/C59H92O14Si2/c1-34-26-39-20-22-44(61)35(2)27-41(67-56(62)37-18-16-15-17-19-37)24-25-59-32-49-52(71-59)53-54(70-49)55(72-59)51-45(69-53)23-21-40(66-51)28-38(60)29-43-47(31-46(65-39)36(34)3)68-48(50(43)63-10)30-42(73-75(13,14)58(7,8)9)33-64-74(11,12)57(4,5)6/h15-19,34,39-55,61H,2-3,20-33H2,1,4-14H3/t34?,39?,40?,41-,42?,43?,44?,45?,46?,47-,48+,49?,50+,51-,52?,53-,54?,55?,59-/m0/s1. The highest BCUT2D eigenvalue weighted by Gasteiger charge is 2.69. The molecule has 12 unspecified atom stereocenters. The van der Waals surface area contributed by atoms with Crippen LogP contribution in [0.4, 0.5) is 0 Å². The van der Waals surface area contributed by atoms with E-state index in [0.29, 0.717) is 75.5 Å². The average Bonchev–Trinajstić information content (AvgIpc) is 3.90. The normalized spacial score (nSPS) is 40.4. The lowest BCUT2D eigenvalue weighted by atomic mass is 9.81. The van der Waals surface area contributed by atoms with Crippen molar-refractivity contribution in [2.45, 2.75) is 272 Å². The van der Waals surface area contributed by atoms with Gasteiger partial charge < -0.3 is 56.6 Å². The zero-order valence-electron chi connectivity index (χ0n) is 47.3. The minimum absolute atomic E-state index is 0.0201. The third-order valence-corrected chi connectivity index (χ3v) is 28.4. The minimum atomic E-state index is -2.28. The number of ether oxygens (including phenoxy) is 9. The Labute approximate surface area is 450 Å². The van der Waals surface area contributed by atoms with Gasteiger partial charge in [-0.1, -0.05) is 79.8 Å². The van der Waals surface area contributed by atoms with Crippen molar-refractivity contribution in [2.24, 2.45) is 11.8 Å². The summed E-state index contributed by atoms with van der Waals surface area (Å²) in [6.07, 6.45) is 0.0300. The van der Waals surface area contributed by atoms with Gasteiger partial charge in [-0.05, 0) is 104 Å². The number of methoxy groups -OCH3 is 1. The van der Waals surface area contributed by atoms with Gasteiger partial charge in [0.1, 0.15) is 42.4 Å². The number of aliphatic hydroxyl groups is 1. The van der Waals surface area contributed by atoms with Gasteiger partial charge in [0, 0.05) is 58.0 Å². The van der Waals surface area contributed by atoms with Crippen molar-refractivity contribution in [3.63, 3.8) is 0 Å². The molecule has 1 aromatic rings. The van der Waals surface area contributed by atoms with Crippen molar-refractivity contribution < 1.29 is 66.2 Å². The highest BCUT2D eigenvalue weighted by Crippen LogP contribution is 2.54. The highest BCUT2D eigenvalue weighted by atomic mass is 28.4. The van der Waals surface area contributed by atoms with Crippen LogP contribution in [-0.2, 0) is 56.3 Å². The van der Waals surface area contributed by atoms with E-state index in [9.17, 15) is 14.7 Å². The van der Waals surface area contributed by atoms with Crippen LogP contribution in [0.3, 0.4) is 0 Å². The monoisotopic (exact) mass is 1080 g/mol. The number of benzene rings is 1. The first-order valence-electron chi connectivity index (χ1n) is 28.5. The number of rotatable bonds is 10. The molecule has 1 N–H and O–H groups in total. The Morgan fingerprint density at radius 1 is 0.773 bits per heavy atom. The predicted octanol–water partition coefficient (Wildman–Crippen LogP) is 10.3. The largest absolute Gasteiger partial charge is 0.458 e. The molecule has 10 bridgehead atoms. The molecular formula is C59H92O14Si2. The number of hydrogen-bond donors (Lipinski definition) is 1. The molecule has 19 atom stereocenters. The molecule has 9 aliphatic rings. The van der Waals surface area contributed by atoms with Gasteiger partial charge in [-0.3, -0.25) is 4.79 Å². The van der Waals surface area contributed by atoms with Crippen LogP contribution in [0.25, 0.3) is 0 Å².